The first-order valence-corrected chi connectivity index (χ1v) is 9.21. The molecule has 2 fully saturated rings. The second kappa shape index (κ2) is 6.59. The molecule has 2 aromatic rings. The number of aliphatic carboxylic acids is 1. The molecule has 1 saturated heterocycles. The Morgan fingerprint density at radius 2 is 1.77 bits per heavy atom. The van der Waals surface area contributed by atoms with E-state index >= 15 is 0 Å². The fraction of sp³-hybridized carbons (Fsp3) is 0.450. The van der Waals surface area contributed by atoms with Crippen molar-refractivity contribution < 1.29 is 19.7 Å². The van der Waals surface area contributed by atoms with Crippen LogP contribution in [-0.4, -0.2) is 43.0 Å². The van der Waals surface area contributed by atoms with Crippen molar-refractivity contribution in [1.82, 2.24) is 4.90 Å². The van der Waals surface area contributed by atoms with Gasteiger partial charge in [-0.25, -0.2) is 4.98 Å². The molecule has 1 saturated carbocycles. The van der Waals surface area contributed by atoms with Crippen molar-refractivity contribution in [2.75, 3.05) is 31.1 Å². The number of H-pyrrole nitrogens is 1. The number of fused-ring (bicyclic) bond motifs is 1. The number of aromatic amines is 1. The van der Waals surface area contributed by atoms with Crippen LogP contribution in [0.15, 0.2) is 30.3 Å². The zero-order valence-corrected chi connectivity index (χ0v) is 14.9. The first-order valence-electron chi connectivity index (χ1n) is 9.21. The Balaban J connectivity index is 1.48. The van der Waals surface area contributed by atoms with Gasteiger partial charge in [-0.2, -0.15) is 0 Å². The van der Waals surface area contributed by atoms with Gasteiger partial charge < -0.3 is 19.7 Å². The first-order chi connectivity index (χ1) is 12.5. The van der Waals surface area contributed by atoms with Crippen LogP contribution in [0.25, 0.3) is 10.9 Å². The zero-order chi connectivity index (χ0) is 18.3. The van der Waals surface area contributed by atoms with Crippen molar-refractivity contribution in [3.8, 4) is 0 Å². The maximum Gasteiger partial charge on any atom is 0.226 e. The maximum atomic E-state index is 12.6. The summed E-state index contributed by atoms with van der Waals surface area (Å²) in [7, 11) is 0. The molecule has 1 aliphatic heterocycles. The molecule has 1 aliphatic carbocycles. The SMILES string of the molecule is Cc1cc(N2CCN(C(=O)[C@H]3CC[C@H]3C(=O)[O-])CC2)c2ccccc2[nH+]1. The minimum atomic E-state index is -1.09. The lowest BCUT2D eigenvalue weighted by Crippen LogP contribution is -2.55. The summed E-state index contributed by atoms with van der Waals surface area (Å²) in [5.74, 6) is -2.10. The van der Waals surface area contributed by atoms with Crippen molar-refractivity contribution in [1.29, 1.82) is 0 Å². The molecule has 0 radical (unpaired) electrons. The number of rotatable bonds is 3. The predicted octanol–water partition coefficient (Wildman–Crippen LogP) is 0.387. The normalized spacial score (nSPS) is 23.0. The fourth-order valence-electron chi connectivity index (χ4n) is 4.09. The van der Waals surface area contributed by atoms with Gasteiger partial charge in [-0.1, -0.05) is 12.1 Å². The van der Waals surface area contributed by atoms with Gasteiger partial charge in [0, 0.05) is 63.0 Å². The number of benzene rings is 1. The third-order valence-corrected chi connectivity index (χ3v) is 5.71. The molecule has 4 rings (SSSR count). The second-order valence-electron chi connectivity index (χ2n) is 7.30. The Morgan fingerprint density at radius 3 is 2.42 bits per heavy atom. The summed E-state index contributed by atoms with van der Waals surface area (Å²) < 4.78 is 0. The Hall–Kier alpha value is -2.63. The zero-order valence-electron chi connectivity index (χ0n) is 14.9. The van der Waals surface area contributed by atoms with Crippen molar-refractivity contribution >= 4 is 28.5 Å². The van der Waals surface area contributed by atoms with E-state index in [2.05, 4.69) is 28.1 Å². The molecule has 1 aromatic carbocycles. The van der Waals surface area contributed by atoms with Gasteiger partial charge >= 0.3 is 0 Å². The number of carbonyl (C=O) groups excluding carboxylic acids is 2. The summed E-state index contributed by atoms with van der Waals surface area (Å²) >= 11 is 0. The lowest BCUT2D eigenvalue weighted by molar-refractivity contribution is -0.354. The summed E-state index contributed by atoms with van der Waals surface area (Å²) in [6, 6.07) is 10.4. The van der Waals surface area contributed by atoms with Gasteiger partial charge in [0.25, 0.3) is 0 Å². The topological polar surface area (TPSA) is 77.8 Å². The predicted molar refractivity (Wildman–Crippen MR) is 95.3 cm³/mol. The third-order valence-electron chi connectivity index (χ3n) is 5.71. The van der Waals surface area contributed by atoms with Crippen LogP contribution < -0.4 is 15.0 Å². The molecule has 2 heterocycles. The summed E-state index contributed by atoms with van der Waals surface area (Å²) in [4.78, 5) is 31.2. The summed E-state index contributed by atoms with van der Waals surface area (Å²) in [5.41, 5.74) is 3.39. The number of nitrogens with one attached hydrogen (secondary N) is 1. The molecule has 0 bridgehead atoms. The molecule has 2 atom stereocenters. The molecule has 1 N–H and O–H groups in total. The standard InChI is InChI=1S/C20H23N3O3/c1-13-12-18(16-4-2-3-5-17(16)21-13)22-8-10-23(11-9-22)19(24)14-6-7-15(14)20(25)26/h2-5,12,14-15H,6-11H2,1H3,(H,25,26)/t14-,15+/m0/s1. The number of para-hydroxylation sites is 1. The number of amides is 1. The fourth-order valence-corrected chi connectivity index (χ4v) is 4.09. The number of nitrogens with zero attached hydrogens (tertiary/aromatic N) is 2. The Bertz CT molecular complexity index is 859. The Labute approximate surface area is 152 Å². The lowest BCUT2D eigenvalue weighted by atomic mass is 9.73. The van der Waals surface area contributed by atoms with E-state index in [4.69, 9.17) is 0 Å². The van der Waals surface area contributed by atoms with Crippen LogP contribution in [0, 0.1) is 18.8 Å². The van der Waals surface area contributed by atoms with Crippen LogP contribution in [0.5, 0.6) is 0 Å². The van der Waals surface area contributed by atoms with Crippen molar-refractivity contribution in [3.05, 3.63) is 36.0 Å². The van der Waals surface area contributed by atoms with Crippen LogP contribution >= 0.6 is 0 Å². The van der Waals surface area contributed by atoms with Gasteiger partial charge in [0.2, 0.25) is 11.4 Å². The molecular formula is C20H23N3O3. The number of aromatic nitrogens is 1. The molecule has 1 amide bonds. The highest BCUT2D eigenvalue weighted by Gasteiger charge is 2.40. The number of carboxylic acid groups (broad SMARTS) is 1. The average Bonchev–Trinajstić information content (AvgIpc) is 2.59. The molecular weight excluding hydrogens is 330 g/mol. The summed E-state index contributed by atoms with van der Waals surface area (Å²) in [5, 5.41) is 12.3. The van der Waals surface area contributed by atoms with Gasteiger partial charge in [-0.3, -0.25) is 4.79 Å². The monoisotopic (exact) mass is 353 g/mol. The number of carboxylic acids is 1. The number of carbonyl (C=O) groups is 2. The van der Waals surface area contributed by atoms with Crippen molar-refractivity contribution in [3.63, 3.8) is 0 Å². The van der Waals surface area contributed by atoms with E-state index in [1.165, 1.54) is 11.1 Å². The minimum absolute atomic E-state index is 0.0208. The Kier molecular flexibility index (Phi) is 4.26. The molecule has 2 aliphatic rings. The van der Waals surface area contributed by atoms with Crippen molar-refractivity contribution in [2.45, 2.75) is 19.8 Å². The quantitative estimate of drug-likeness (QED) is 0.800. The number of pyridine rings is 1. The smallest absolute Gasteiger partial charge is 0.226 e. The minimum Gasteiger partial charge on any atom is -0.550 e. The first kappa shape index (κ1) is 16.8. The molecule has 26 heavy (non-hydrogen) atoms. The van der Waals surface area contributed by atoms with E-state index in [0.717, 1.165) is 24.3 Å². The lowest BCUT2D eigenvalue weighted by Gasteiger charge is -2.42. The molecule has 6 heteroatoms. The molecule has 0 spiro atoms. The van der Waals surface area contributed by atoms with Gasteiger partial charge in [-0.05, 0) is 18.9 Å². The summed E-state index contributed by atoms with van der Waals surface area (Å²) in [6.07, 6.45) is 1.22. The Morgan fingerprint density at radius 1 is 1.08 bits per heavy atom. The van der Waals surface area contributed by atoms with Gasteiger partial charge in [0.05, 0.1) is 11.1 Å². The number of hydrogen-bond donors (Lipinski definition) is 0. The number of anilines is 1. The number of piperazine rings is 1. The van der Waals surface area contributed by atoms with E-state index < -0.39 is 11.9 Å². The molecule has 0 unspecified atom stereocenters. The van der Waals surface area contributed by atoms with Crippen LogP contribution in [0.2, 0.25) is 0 Å². The van der Waals surface area contributed by atoms with Crippen LogP contribution in [0.4, 0.5) is 5.69 Å². The van der Waals surface area contributed by atoms with Gasteiger partial charge in [-0.15, -0.1) is 0 Å². The van der Waals surface area contributed by atoms with E-state index in [1.54, 1.807) is 0 Å². The molecule has 6 nitrogen and oxygen atoms in total. The molecule has 1 aromatic heterocycles. The average molecular weight is 353 g/mol. The highest BCUT2D eigenvalue weighted by atomic mass is 16.4. The van der Waals surface area contributed by atoms with E-state index in [9.17, 15) is 14.7 Å². The van der Waals surface area contributed by atoms with E-state index in [1.807, 2.05) is 24.0 Å². The largest absolute Gasteiger partial charge is 0.550 e. The van der Waals surface area contributed by atoms with Gasteiger partial charge in [0.15, 0.2) is 5.69 Å². The van der Waals surface area contributed by atoms with E-state index in [-0.39, 0.29) is 11.8 Å². The summed E-state index contributed by atoms with van der Waals surface area (Å²) in [6.45, 7) is 4.80. The van der Waals surface area contributed by atoms with Crippen LogP contribution in [0.3, 0.4) is 0 Å². The van der Waals surface area contributed by atoms with Crippen molar-refractivity contribution in [2.24, 2.45) is 11.8 Å². The second-order valence-corrected chi connectivity index (χ2v) is 7.30. The number of hydrogen-bond acceptors (Lipinski definition) is 4. The van der Waals surface area contributed by atoms with Crippen LogP contribution in [0.1, 0.15) is 18.5 Å². The molecule has 136 valence electrons. The van der Waals surface area contributed by atoms with E-state index in [0.29, 0.717) is 25.9 Å². The third kappa shape index (κ3) is 2.89. The highest BCUT2D eigenvalue weighted by molar-refractivity contribution is 5.90. The van der Waals surface area contributed by atoms with Crippen LogP contribution in [-0.2, 0) is 9.59 Å². The number of aryl methyl sites for hydroxylation is 1. The maximum absolute atomic E-state index is 12.6. The highest BCUT2D eigenvalue weighted by Crippen LogP contribution is 2.35. The van der Waals surface area contributed by atoms with Gasteiger partial charge in [0.1, 0.15) is 0 Å².